The predicted molar refractivity (Wildman–Crippen MR) is 98.7 cm³/mol. The number of sulfonamides is 1. The van der Waals surface area contributed by atoms with Gasteiger partial charge in [-0.3, -0.25) is 4.79 Å². The highest BCUT2D eigenvalue weighted by molar-refractivity contribution is 7.89. The molecule has 0 aromatic heterocycles. The summed E-state index contributed by atoms with van der Waals surface area (Å²) in [5.74, 6) is -0.289. The molecule has 26 heavy (non-hydrogen) atoms. The maximum Gasteiger partial charge on any atom is 0.248 e. The molecule has 1 heterocycles. The van der Waals surface area contributed by atoms with Gasteiger partial charge < -0.3 is 14.8 Å². The van der Waals surface area contributed by atoms with Crippen molar-refractivity contribution in [3.05, 3.63) is 29.3 Å². The van der Waals surface area contributed by atoms with Gasteiger partial charge in [0.2, 0.25) is 15.9 Å². The smallest absolute Gasteiger partial charge is 0.248 e. The molecule has 2 N–H and O–H groups in total. The Morgan fingerprint density at radius 2 is 2.19 bits per heavy atom. The van der Waals surface area contributed by atoms with Crippen LogP contribution in [0.5, 0.6) is 0 Å². The third-order valence-electron chi connectivity index (χ3n) is 4.00. The van der Waals surface area contributed by atoms with Crippen LogP contribution in [0.3, 0.4) is 0 Å². The zero-order chi connectivity index (χ0) is 19.0. The van der Waals surface area contributed by atoms with E-state index in [4.69, 9.17) is 21.1 Å². The van der Waals surface area contributed by atoms with Crippen molar-refractivity contribution < 1.29 is 22.7 Å². The fraction of sp³-hybridized carbons (Fsp3) is 0.588. The molecule has 146 valence electrons. The Bertz CT molecular complexity index is 692. The number of halogens is 1. The second kappa shape index (κ2) is 10.2. The minimum Gasteiger partial charge on any atom is -0.376 e. The Morgan fingerprint density at radius 1 is 1.38 bits per heavy atom. The summed E-state index contributed by atoms with van der Waals surface area (Å²) in [4.78, 5) is 12.1. The molecule has 1 aromatic rings. The van der Waals surface area contributed by atoms with Crippen molar-refractivity contribution in [3.8, 4) is 0 Å². The van der Waals surface area contributed by atoms with Crippen molar-refractivity contribution >= 4 is 27.5 Å². The molecule has 2 rings (SSSR count). The van der Waals surface area contributed by atoms with Gasteiger partial charge in [-0.25, -0.2) is 13.1 Å². The summed E-state index contributed by atoms with van der Waals surface area (Å²) in [6.45, 7) is 3.01. The second-order valence-electron chi connectivity index (χ2n) is 6.11. The van der Waals surface area contributed by atoms with E-state index in [9.17, 15) is 13.2 Å². The molecule has 1 fully saturated rings. The molecule has 2 atom stereocenters. The molecule has 0 aliphatic carbocycles. The first-order valence-corrected chi connectivity index (χ1v) is 10.5. The van der Waals surface area contributed by atoms with E-state index in [-0.39, 0.29) is 30.0 Å². The number of carbonyl (C=O) groups is 1. The average molecular weight is 405 g/mol. The average Bonchev–Trinajstić information content (AvgIpc) is 2.64. The number of amides is 1. The molecule has 1 amide bonds. The zero-order valence-corrected chi connectivity index (χ0v) is 16.3. The maximum atomic E-state index is 12.1. The van der Waals surface area contributed by atoms with Gasteiger partial charge in [0.05, 0.1) is 17.6 Å². The summed E-state index contributed by atoms with van der Waals surface area (Å²) in [7, 11) is -3.66. The molecule has 2 unspecified atom stereocenters. The van der Waals surface area contributed by atoms with Crippen LogP contribution in [0.1, 0.15) is 26.2 Å². The first kappa shape index (κ1) is 21.1. The summed E-state index contributed by atoms with van der Waals surface area (Å²) in [5.41, 5.74) is 0. The molecule has 0 saturated carbocycles. The monoisotopic (exact) mass is 404 g/mol. The Morgan fingerprint density at radius 3 is 2.88 bits per heavy atom. The molecule has 1 aliphatic heterocycles. The van der Waals surface area contributed by atoms with Crippen LogP contribution in [0.2, 0.25) is 5.02 Å². The van der Waals surface area contributed by atoms with E-state index in [0.29, 0.717) is 11.6 Å². The number of rotatable bonds is 9. The largest absolute Gasteiger partial charge is 0.376 e. The van der Waals surface area contributed by atoms with Gasteiger partial charge in [-0.15, -0.1) is 0 Å². The third-order valence-corrected chi connectivity index (χ3v) is 5.69. The lowest BCUT2D eigenvalue weighted by Gasteiger charge is -2.23. The van der Waals surface area contributed by atoms with Gasteiger partial charge >= 0.3 is 0 Å². The van der Waals surface area contributed by atoms with E-state index in [2.05, 4.69) is 10.0 Å². The lowest BCUT2D eigenvalue weighted by molar-refractivity contribution is -0.135. The SMILES string of the molecule is CC(OCC1CCCCO1)C(=O)NCCNS(=O)(=O)c1cccc(Cl)c1. The Hall–Kier alpha value is -1.19. The number of benzene rings is 1. The molecule has 0 spiro atoms. The molecule has 0 radical (unpaired) electrons. The number of ether oxygens (including phenoxy) is 2. The number of nitrogens with one attached hydrogen (secondary N) is 2. The van der Waals surface area contributed by atoms with Crippen LogP contribution >= 0.6 is 11.6 Å². The van der Waals surface area contributed by atoms with Gasteiger partial charge in [0.25, 0.3) is 0 Å². The molecule has 1 aromatic carbocycles. The number of carbonyl (C=O) groups excluding carboxylic acids is 1. The summed E-state index contributed by atoms with van der Waals surface area (Å²) >= 11 is 5.80. The zero-order valence-electron chi connectivity index (χ0n) is 14.7. The van der Waals surface area contributed by atoms with E-state index in [1.54, 1.807) is 19.1 Å². The highest BCUT2D eigenvalue weighted by atomic mass is 35.5. The quantitative estimate of drug-likeness (QED) is 0.611. The summed E-state index contributed by atoms with van der Waals surface area (Å²) in [5, 5.41) is 2.99. The highest BCUT2D eigenvalue weighted by Gasteiger charge is 2.19. The van der Waals surface area contributed by atoms with Crippen molar-refractivity contribution in [2.45, 2.75) is 43.3 Å². The van der Waals surface area contributed by atoms with Crippen LogP contribution in [0.15, 0.2) is 29.2 Å². The minimum atomic E-state index is -3.66. The van der Waals surface area contributed by atoms with Gasteiger partial charge in [0.1, 0.15) is 6.10 Å². The van der Waals surface area contributed by atoms with Crippen LogP contribution in [0.25, 0.3) is 0 Å². The van der Waals surface area contributed by atoms with Gasteiger partial charge in [-0.1, -0.05) is 17.7 Å². The first-order valence-electron chi connectivity index (χ1n) is 8.64. The molecule has 9 heteroatoms. The summed E-state index contributed by atoms with van der Waals surface area (Å²) < 4.78 is 37.7. The van der Waals surface area contributed by atoms with E-state index in [1.807, 2.05) is 0 Å². The Labute approximate surface area is 159 Å². The van der Waals surface area contributed by atoms with Crippen LogP contribution in [0, 0.1) is 0 Å². The summed E-state index contributed by atoms with van der Waals surface area (Å²) in [6.07, 6.45) is 2.55. The normalized spacial score (nSPS) is 19.1. The van der Waals surface area contributed by atoms with Crippen LogP contribution in [0.4, 0.5) is 0 Å². The van der Waals surface area contributed by atoms with Gasteiger partial charge in [-0.2, -0.15) is 0 Å². The molecule has 1 saturated heterocycles. The van der Waals surface area contributed by atoms with Crippen molar-refractivity contribution in [2.75, 3.05) is 26.3 Å². The van der Waals surface area contributed by atoms with Crippen molar-refractivity contribution in [1.29, 1.82) is 0 Å². The lowest BCUT2D eigenvalue weighted by Crippen LogP contribution is -2.40. The molecular formula is C17H25ClN2O5S. The number of hydrogen-bond acceptors (Lipinski definition) is 5. The van der Waals surface area contributed by atoms with Crippen LogP contribution in [-0.4, -0.2) is 52.8 Å². The molecule has 1 aliphatic rings. The van der Waals surface area contributed by atoms with Gasteiger partial charge in [-0.05, 0) is 44.4 Å². The van der Waals surface area contributed by atoms with E-state index in [1.165, 1.54) is 12.1 Å². The van der Waals surface area contributed by atoms with E-state index >= 15 is 0 Å². The second-order valence-corrected chi connectivity index (χ2v) is 8.31. The molecule has 0 bridgehead atoms. The molecule has 7 nitrogen and oxygen atoms in total. The topological polar surface area (TPSA) is 93.7 Å². The van der Waals surface area contributed by atoms with Crippen LogP contribution < -0.4 is 10.0 Å². The first-order chi connectivity index (χ1) is 12.4. The molecular weight excluding hydrogens is 380 g/mol. The van der Waals surface area contributed by atoms with Crippen molar-refractivity contribution in [1.82, 2.24) is 10.0 Å². The minimum absolute atomic E-state index is 0.0449. The standard InChI is InChI=1S/C17H25ClN2O5S/c1-13(25-12-15-6-2-3-10-24-15)17(21)19-8-9-20-26(22,23)16-7-4-5-14(18)11-16/h4-5,7,11,13,15,20H,2-3,6,8-10,12H2,1H3,(H,19,21). The Balaban J connectivity index is 1.67. The van der Waals surface area contributed by atoms with Crippen molar-refractivity contribution in [2.24, 2.45) is 0 Å². The predicted octanol–water partition coefficient (Wildman–Crippen LogP) is 1.71. The third kappa shape index (κ3) is 6.85. The Kier molecular flexibility index (Phi) is 8.30. The highest BCUT2D eigenvalue weighted by Crippen LogP contribution is 2.15. The fourth-order valence-electron chi connectivity index (χ4n) is 2.50. The van der Waals surface area contributed by atoms with E-state index in [0.717, 1.165) is 25.9 Å². The van der Waals surface area contributed by atoms with Gasteiger partial charge in [0, 0.05) is 24.7 Å². The van der Waals surface area contributed by atoms with Gasteiger partial charge in [0.15, 0.2) is 0 Å². The van der Waals surface area contributed by atoms with Crippen LogP contribution in [-0.2, 0) is 24.3 Å². The lowest BCUT2D eigenvalue weighted by atomic mass is 10.1. The van der Waals surface area contributed by atoms with Crippen molar-refractivity contribution in [3.63, 3.8) is 0 Å². The summed E-state index contributed by atoms with van der Waals surface area (Å²) in [6, 6.07) is 5.98. The fourth-order valence-corrected chi connectivity index (χ4v) is 3.83. The maximum absolute atomic E-state index is 12.1. The number of hydrogen-bond donors (Lipinski definition) is 2. The van der Waals surface area contributed by atoms with E-state index < -0.39 is 16.1 Å².